The molecule has 1 atom stereocenters. The van der Waals surface area contributed by atoms with Crippen molar-refractivity contribution in [2.45, 2.75) is 6.92 Å². The summed E-state index contributed by atoms with van der Waals surface area (Å²) in [6.45, 7) is 2.52. The van der Waals surface area contributed by atoms with Gasteiger partial charge in [-0.05, 0) is 25.2 Å². The van der Waals surface area contributed by atoms with Crippen LogP contribution in [0.3, 0.4) is 0 Å². The molecule has 2 rings (SSSR count). The fourth-order valence-corrected chi connectivity index (χ4v) is 1.85. The molecule has 0 radical (unpaired) electrons. The van der Waals surface area contributed by atoms with Crippen molar-refractivity contribution < 1.29 is 9.21 Å². The predicted octanol–water partition coefficient (Wildman–Crippen LogP) is 1.69. The second-order valence-corrected chi connectivity index (χ2v) is 5.02. The average Bonchev–Trinajstić information content (AvgIpc) is 2.82. The summed E-state index contributed by atoms with van der Waals surface area (Å²) in [7, 11) is 5.56. The molecule has 0 saturated heterocycles. The lowest BCUT2D eigenvalue weighted by atomic mass is 10.1. The number of aromatic nitrogens is 1. The number of benzene rings is 1. The van der Waals surface area contributed by atoms with Crippen LogP contribution in [0.2, 0.25) is 0 Å². The Hall–Kier alpha value is -2.08. The van der Waals surface area contributed by atoms with Crippen LogP contribution in [0.4, 0.5) is 11.7 Å². The van der Waals surface area contributed by atoms with Crippen LogP contribution in [0.1, 0.15) is 6.92 Å². The van der Waals surface area contributed by atoms with E-state index in [1.165, 1.54) is 0 Å². The highest BCUT2D eigenvalue weighted by molar-refractivity contribution is 5.94. The molecule has 0 saturated carbocycles. The average molecular weight is 276 g/mol. The predicted molar refractivity (Wildman–Crippen MR) is 80.1 cm³/mol. The van der Waals surface area contributed by atoms with Crippen LogP contribution in [0.25, 0.3) is 11.1 Å². The van der Waals surface area contributed by atoms with Crippen LogP contribution >= 0.6 is 0 Å². The van der Waals surface area contributed by atoms with Crippen molar-refractivity contribution in [1.82, 2.24) is 10.3 Å². The molecule has 1 heterocycles. The molecule has 1 amide bonds. The molecule has 0 aliphatic rings. The Kier molecular flexibility index (Phi) is 4.24. The summed E-state index contributed by atoms with van der Waals surface area (Å²) in [6.07, 6.45) is 0. The third-order valence-electron chi connectivity index (χ3n) is 2.98. The first-order valence-corrected chi connectivity index (χ1v) is 6.54. The van der Waals surface area contributed by atoms with E-state index in [-0.39, 0.29) is 11.8 Å². The number of carbonyl (C=O) groups is 1. The number of carbonyl (C=O) groups excluding carboxylic acids is 1. The molecule has 1 aromatic carbocycles. The van der Waals surface area contributed by atoms with Crippen LogP contribution in [-0.2, 0) is 4.79 Å². The van der Waals surface area contributed by atoms with E-state index in [1.807, 2.05) is 46.3 Å². The lowest BCUT2D eigenvalue weighted by Gasteiger charge is -2.11. The summed E-state index contributed by atoms with van der Waals surface area (Å²) in [5.74, 6) is -0.111. The molecule has 2 aromatic rings. The fourth-order valence-electron chi connectivity index (χ4n) is 1.85. The van der Waals surface area contributed by atoms with Crippen LogP contribution in [0, 0.1) is 5.92 Å². The van der Waals surface area contributed by atoms with Gasteiger partial charge in [0.1, 0.15) is 5.52 Å². The van der Waals surface area contributed by atoms with Crippen LogP contribution in [-0.4, -0.2) is 38.6 Å². The van der Waals surface area contributed by atoms with Gasteiger partial charge in [-0.1, -0.05) is 6.92 Å². The summed E-state index contributed by atoms with van der Waals surface area (Å²) < 4.78 is 5.57. The van der Waals surface area contributed by atoms with Gasteiger partial charge in [0.15, 0.2) is 5.58 Å². The standard InChI is InChI=1S/C14H20N4O2/c1-9(8-15-2)13(19)16-10-5-6-12-11(7-10)17-14(20-12)18(3)4/h5-7,9,15H,8H2,1-4H3,(H,16,19). The second-order valence-electron chi connectivity index (χ2n) is 5.02. The minimum absolute atomic E-state index is 0.0185. The zero-order chi connectivity index (χ0) is 14.7. The summed E-state index contributed by atoms with van der Waals surface area (Å²) in [4.78, 5) is 18.1. The van der Waals surface area contributed by atoms with Crippen molar-refractivity contribution in [2.75, 3.05) is 37.9 Å². The first kappa shape index (κ1) is 14.3. The van der Waals surface area contributed by atoms with E-state index in [0.717, 1.165) is 11.2 Å². The number of nitrogens with zero attached hydrogens (tertiary/aromatic N) is 2. The molecule has 6 nitrogen and oxygen atoms in total. The number of nitrogens with one attached hydrogen (secondary N) is 2. The normalized spacial score (nSPS) is 12.4. The molecule has 2 N–H and O–H groups in total. The molecular weight excluding hydrogens is 256 g/mol. The number of fused-ring (bicyclic) bond motifs is 1. The van der Waals surface area contributed by atoms with Gasteiger partial charge in [-0.15, -0.1) is 0 Å². The van der Waals surface area contributed by atoms with Crippen LogP contribution < -0.4 is 15.5 Å². The van der Waals surface area contributed by atoms with E-state index in [4.69, 9.17) is 4.42 Å². The first-order valence-electron chi connectivity index (χ1n) is 6.54. The summed E-state index contributed by atoms with van der Waals surface area (Å²) in [6, 6.07) is 5.99. The van der Waals surface area contributed by atoms with Crippen molar-refractivity contribution in [3.63, 3.8) is 0 Å². The maximum atomic E-state index is 11.9. The fraction of sp³-hybridized carbons (Fsp3) is 0.429. The van der Waals surface area contributed by atoms with Gasteiger partial charge < -0.3 is 20.0 Å². The van der Waals surface area contributed by atoms with E-state index >= 15 is 0 Å². The molecule has 6 heteroatoms. The van der Waals surface area contributed by atoms with E-state index in [9.17, 15) is 4.79 Å². The van der Waals surface area contributed by atoms with Crippen molar-refractivity contribution in [1.29, 1.82) is 0 Å². The number of hydrogen-bond donors (Lipinski definition) is 2. The highest BCUT2D eigenvalue weighted by Crippen LogP contribution is 2.23. The summed E-state index contributed by atoms with van der Waals surface area (Å²) >= 11 is 0. The quantitative estimate of drug-likeness (QED) is 0.869. The van der Waals surface area contributed by atoms with Gasteiger partial charge in [-0.25, -0.2) is 0 Å². The Bertz CT molecular complexity index is 606. The SMILES string of the molecule is CNCC(C)C(=O)Nc1ccc2oc(N(C)C)nc2c1. The van der Waals surface area contributed by atoms with E-state index in [2.05, 4.69) is 15.6 Å². The van der Waals surface area contributed by atoms with Gasteiger partial charge in [0.2, 0.25) is 5.91 Å². The first-order chi connectivity index (χ1) is 9.51. The Morgan fingerprint density at radius 3 is 2.85 bits per heavy atom. The second kappa shape index (κ2) is 5.92. The molecule has 20 heavy (non-hydrogen) atoms. The number of amides is 1. The van der Waals surface area contributed by atoms with E-state index in [0.29, 0.717) is 18.1 Å². The molecule has 0 fully saturated rings. The van der Waals surface area contributed by atoms with Gasteiger partial charge in [0.05, 0.1) is 0 Å². The zero-order valence-electron chi connectivity index (χ0n) is 12.2. The Morgan fingerprint density at radius 2 is 2.20 bits per heavy atom. The molecule has 0 bridgehead atoms. The third kappa shape index (κ3) is 3.08. The highest BCUT2D eigenvalue weighted by Gasteiger charge is 2.13. The number of oxazole rings is 1. The van der Waals surface area contributed by atoms with Crippen molar-refractivity contribution >= 4 is 28.7 Å². The van der Waals surface area contributed by atoms with Crippen molar-refractivity contribution in [2.24, 2.45) is 5.92 Å². The monoisotopic (exact) mass is 276 g/mol. The van der Waals surface area contributed by atoms with Crippen LogP contribution in [0.15, 0.2) is 22.6 Å². The van der Waals surface area contributed by atoms with Gasteiger partial charge in [-0.2, -0.15) is 4.98 Å². The minimum atomic E-state index is -0.0923. The summed E-state index contributed by atoms with van der Waals surface area (Å²) in [5, 5.41) is 5.87. The molecule has 1 aromatic heterocycles. The Balaban J connectivity index is 2.17. The zero-order valence-corrected chi connectivity index (χ0v) is 12.2. The molecule has 0 spiro atoms. The topological polar surface area (TPSA) is 70.4 Å². The number of rotatable bonds is 5. The molecule has 108 valence electrons. The Labute approximate surface area is 118 Å². The van der Waals surface area contributed by atoms with E-state index < -0.39 is 0 Å². The minimum Gasteiger partial charge on any atom is -0.423 e. The maximum Gasteiger partial charge on any atom is 0.297 e. The lowest BCUT2D eigenvalue weighted by molar-refractivity contribution is -0.119. The third-order valence-corrected chi connectivity index (χ3v) is 2.98. The smallest absolute Gasteiger partial charge is 0.297 e. The van der Waals surface area contributed by atoms with Crippen molar-refractivity contribution in [3.8, 4) is 0 Å². The van der Waals surface area contributed by atoms with Crippen LogP contribution in [0.5, 0.6) is 0 Å². The molecular formula is C14H20N4O2. The molecule has 1 unspecified atom stereocenters. The highest BCUT2D eigenvalue weighted by atomic mass is 16.4. The maximum absolute atomic E-state index is 11.9. The summed E-state index contributed by atoms with van der Waals surface area (Å²) in [5.41, 5.74) is 2.16. The molecule has 0 aliphatic heterocycles. The van der Waals surface area contributed by atoms with Gasteiger partial charge in [0, 0.05) is 32.2 Å². The van der Waals surface area contributed by atoms with Gasteiger partial charge in [-0.3, -0.25) is 4.79 Å². The van der Waals surface area contributed by atoms with E-state index in [1.54, 1.807) is 4.90 Å². The lowest BCUT2D eigenvalue weighted by Crippen LogP contribution is -2.28. The number of anilines is 2. The number of hydrogen-bond acceptors (Lipinski definition) is 5. The van der Waals surface area contributed by atoms with Gasteiger partial charge in [0.25, 0.3) is 6.01 Å². The molecule has 0 aliphatic carbocycles. The van der Waals surface area contributed by atoms with Gasteiger partial charge >= 0.3 is 0 Å². The largest absolute Gasteiger partial charge is 0.423 e. The van der Waals surface area contributed by atoms with Crippen molar-refractivity contribution in [3.05, 3.63) is 18.2 Å². The Morgan fingerprint density at radius 1 is 1.45 bits per heavy atom.